The number of fused-ring (bicyclic) bond motifs is 1. The monoisotopic (exact) mass is 417 g/mol. The van der Waals surface area contributed by atoms with E-state index < -0.39 is 0 Å². The molecule has 2 aromatic carbocycles. The minimum absolute atomic E-state index is 0.0283. The highest BCUT2D eigenvalue weighted by atomic mass is 19.1. The zero-order chi connectivity index (χ0) is 21.6. The van der Waals surface area contributed by atoms with Gasteiger partial charge in [-0.15, -0.1) is 0 Å². The Bertz CT molecular complexity index is 1170. The predicted molar refractivity (Wildman–Crippen MR) is 118 cm³/mol. The van der Waals surface area contributed by atoms with E-state index in [0.29, 0.717) is 24.2 Å². The van der Waals surface area contributed by atoms with E-state index in [1.165, 1.54) is 6.07 Å². The van der Waals surface area contributed by atoms with E-state index >= 15 is 0 Å². The lowest BCUT2D eigenvalue weighted by Crippen LogP contribution is -2.27. The molecule has 0 radical (unpaired) electrons. The van der Waals surface area contributed by atoms with Crippen LogP contribution in [0.1, 0.15) is 36.2 Å². The van der Waals surface area contributed by atoms with Crippen LogP contribution in [0.3, 0.4) is 0 Å². The number of carbonyl (C=O) groups excluding carboxylic acids is 1. The first-order valence-corrected chi connectivity index (χ1v) is 10.3. The summed E-state index contributed by atoms with van der Waals surface area (Å²) in [6.07, 6.45) is 4.61. The third-order valence-corrected chi connectivity index (χ3v) is 5.23. The molecule has 0 fully saturated rings. The average molecular weight is 417 g/mol. The Morgan fingerprint density at radius 2 is 1.90 bits per heavy atom. The summed E-state index contributed by atoms with van der Waals surface area (Å²) in [5, 5.41) is 4.14. The molecule has 1 unspecified atom stereocenters. The van der Waals surface area contributed by atoms with Gasteiger partial charge in [-0.2, -0.15) is 0 Å². The number of amides is 1. The summed E-state index contributed by atoms with van der Waals surface area (Å²) < 4.78 is 19.3. The van der Waals surface area contributed by atoms with Crippen molar-refractivity contribution in [3.8, 4) is 5.75 Å². The Hall–Kier alpha value is -3.67. The zero-order valence-electron chi connectivity index (χ0n) is 17.3. The number of pyridine rings is 1. The summed E-state index contributed by atoms with van der Waals surface area (Å²) in [6, 6.07) is 17.9. The highest BCUT2D eigenvalue weighted by molar-refractivity contribution is 5.84. The van der Waals surface area contributed by atoms with Crippen LogP contribution in [0.15, 0.2) is 73.1 Å². The van der Waals surface area contributed by atoms with Gasteiger partial charge in [-0.25, -0.2) is 4.39 Å². The topological polar surface area (TPSA) is 67.0 Å². The summed E-state index contributed by atoms with van der Waals surface area (Å²) in [7, 11) is 0. The molecule has 0 saturated carbocycles. The van der Waals surface area contributed by atoms with E-state index in [1.807, 2.05) is 31.3 Å². The maximum atomic E-state index is 13.7. The van der Waals surface area contributed by atoms with Gasteiger partial charge in [0.1, 0.15) is 18.2 Å². The quantitative estimate of drug-likeness (QED) is 0.420. The smallest absolute Gasteiger partial charge is 0.220 e. The van der Waals surface area contributed by atoms with E-state index in [9.17, 15) is 9.18 Å². The average Bonchev–Trinajstić information content (AvgIpc) is 3.21. The fourth-order valence-electron chi connectivity index (χ4n) is 3.48. The largest absolute Gasteiger partial charge is 0.487 e. The molecular formula is C25H24FN3O2. The number of aryl methyl sites for hydroxylation is 1. The molecule has 1 amide bonds. The van der Waals surface area contributed by atoms with Crippen molar-refractivity contribution in [2.24, 2.45) is 0 Å². The molecule has 5 nitrogen and oxygen atoms in total. The Morgan fingerprint density at radius 3 is 2.71 bits per heavy atom. The molecule has 6 heteroatoms. The number of rotatable bonds is 8. The minimum Gasteiger partial charge on any atom is -0.487 e. The number of hydrogen-bond acceptors (Lipinski definition) is 3. The van der Waals surface area contributed by atoms with Crippen LogP contribution >= 0.6 is 0 Å². The van der Waals surface area contributed by atoms with Crippen molar-refractivity contribution in [2.45, 2.75) is 32.4 Å². The van der Waals surface area contributed by atoms with Crippen molar-refractivity contribution < 1.29 is 13.9 Å². The van der Waals surface area contributed by atoms with Crippen LogP contribution in [-0.2, 0) is 17.8 Å². The molecule has 0 aliphatic heterocycles. The van der Waals surface area contributed by atoms with E-state index in [4.69, 9.17) is 4.74 Å². The first-order chi connectivity index (χ1) is 15.1. The number of halogens is 1. The molecule has 2 heterocycles. The first-order valence-electron chi connectivity index (χ1n) is 10.3. The molecule has 0 aliphatic carbocycles. The summed E-state index contributed by atoms with van der Waals surface area (Å²) in [6.45, 7) is 2.03. The second kappa shape index (κ2) is 9.43. The first kappa shape index (κ1) is 20.6. The number of para-hydroxylation sites is 1. The summed E-state index contributed by atoms with van der Waals surface area (Å²) >= 11 is 0. The van der Waals surface area contributed by atoms with E-state index in [0.717, 1.165) is 22.2 Å². The standard InChI is InChI=1S/C25H24FN3O2/c1-17(29-25(30)13-10-18-14-27-24-9-5-3-7-21(18)24)23-12-11-20(15-28-23)31-16-19-6-2-4-8-22(19)26/h2-9,11-12,14-15,17,27H,10,13,16H2,1H3,(H,29,30). The Balaban J connectivity index is 1.28. The van der Waals surface area contributed by atoms with Crippen molar-refractivity contribution in [3.63, 3.8) is 0 Å². The summed E-state index contributed by atoms with van der Waals surface area (Å²) in [5.41, 5.74) is 3.43. The van der Waals surface area contributed by atoms with Crippen LogP contribution in [0.4, 0.5) is 4.39 Å². The molecular weight excluding hydrogens is 393 g/mol. The van der Waals surface area contributed by atoms with Crippen molar-refractivity contribution in [1.29, 1.82) is 0 Å². The number of nitrogens with one attached hydrogen (secondary N) is 2. The lowest BCUT2D eigenvalue weighted by molar-refractivity contribution is -0.121. The van der Waals surface area contributed by atoms with Crippen LogP contribution in [0, 0.1) is 5.82 Å². The second-order valence-electron chi connectivity index (χ2n) is 7.45. The van der Waals surface area contributed by atoms with Crippen LogP contribution in [0.25, 0.3) is 10.9 Å². The predicted octanol–water partition coefficient (Wildman–Crippen LogP) is 5.09. The molecule has 158 valence electrons. The molecule has 0 bridgehead atoms. The SMILES string of the molecule is CC(NC(=O)CCc1c[nH]c2ccccc12)c1ccc(OCc2ccccc2F)cn1. The van der Waals surface area contributed by atoms with E-state index in [-0.39, 0.29) is 24.4 Å². The Kier molecular flexibility index (Phi) is 6.26. The molecule has 4 rings (SSSR count). The number of hydrogen-bond donors (Lipinski definition) is 2. The van der Waals surface area contributed by atoms with Gasteiger partial charge in [0.15, 0.2) is 0 Å². The van der Waals surface area contributed by atoms with E-state index in [2.05, 4.69) is 21.4 Å². The summed E-state index contributed by atoms with van der Waals surface area (Å²) in [5.74, 6) is 0.223. The Labute approximate surface area is 180 Å². The molecule has 31 heavy (non-hydrogen) atoms. The van der Waals surface area contributed by atoms with Gasteiger partial charge in [0, 0.05) is 29.1 Å². The zero-order valence-corrected chi connectivity index (χ0v) is 17.3. The van der Waals surface area contributed by atoms with Gasteiger partial charge in [0.05, 0.1) is 17.9 Å². The molecule has 0 spiro atoms. The highest BCUT2D eigenvalue weighted by Gasteiger charge is 2.12. The minimum atomic E-state index is -0.295. The van der Waals surface area contributed by atoms with Crippen LogP contribution in [0.5, 0.6) is 5.75 Å². The van der Waals surface area contributed by atoms with Crippen molar-refractivity contribution in [3.05, 3.63) is 95.7 Å². The Morgan fingerprint density at radius 1 is 1.10 bits per heavy atom. The fourth-order valence-corrected chi connectivity index (χ4v) is 3.48. The van der Waals surface area contributed by atoms with Gasteiger partial charge in [-0.1, -0.05) is 36.4 Å². The number of H-pyrrole nitrogens is 1. The molecule has 1 atom stereocenters. The number of aromatic nitrogens is 2. The summed E-state index contributed by atoms with van der Waals surface area (Å²) in [4.78, 5) is 20.0. The van der Waals surface area contributed by atoms with Gasteiger partial charge in [-0.05, 0) is 43.2 Å². The van der Waals surface area contributed by atoms with Gasteiger partial charge in [0.2, 0.25) is 5.91 Å². The van der Waals surface area contributed by atoms with Gasteiger partial charge >= 0.3 is 0 Å². The molecule has 2 aromatic heterocycles. The van der Waals surface area contributed by atoms with Gasteiger partial charge in [0.25, 0.3) is 0 Å². The maximum absolute atomic E-state index is 13.7. The van der Waals surface area contributed by atoms with Gasteiger partial charge in [-0.3, -0.25) is 9.78 Å². The van der Waals surface area contributed by atoms with Crippen molar-refractivity contribution in [2.75, 3.05) is 0 Å². The van der Waals surface area contributed by atoms with Crippen LogP contribution in [0.2, 0.25) is 0 Å². The third-order valence-electron chi connectivity index (χ3n) is 5.23. The molecule has 2 N–H and O–H groups in total. The number of carbonyl (C=O) groups is 1. The van der Waals surface area contributed by atoms with Gasteiger partial charge < -0.3 is 15.0 Å². The second-order valence-corrected chi connectivity index (χ2v) is 7.45. The highest BCUT2D eigenvalue weighted by Crippen LogP contribution is 2.20. The fraction of sp³-hybridized carbons (Fsp3) is 0.200. The lowest BCUT2D eigenvalue weighted by Gasteiger charge is -2.14. The molecule has 0 aliphatic rings. The number of aromatic amines is 1. The number of ether oxygens (including phenoxy) is 1. The van der Waals surface area contributed by atoms with Crippen molar-refractivity contribution >= 4 is 16.8 Å². The maximum Gasteiger partial charge on any atom is 0.220 e. The lowest BCUT2D eigenvalue weighted by atomic mass is 10.1. The van der Waals surface area contributed by atoms with Crippen LogP contribution in [-0.4, -0.2) is 15.9 Å². The van der Waals surface area contributed by atoms with E-state index in [1.54, 1.807) is 36.5 Å². The number of nitrogens with zero attached hydrogens (tertiary/aromatic N) is 1. The third kappa shape index (κ3) is 5.09. The normalized spacial score (nSPS) is 11.9. The molecule has 4 aromatic rings. The molecule has 0 saturated heterocycles. The number of benzene rings is 2. The van der Waals surface area contributed by atoms with Crippen molar-refractivity contribution in [1.82, 2.24) is 15.3 Å². The van der Waals surface area contributed by atoms with Crippen LogP contribution < -0.4 is 10.1 Å².